The highest BCUT2D eigenvalue weighted by molar-refractivity contribution is 9.10. The van der Waals surface area contributed by atoms with E-state index in [0.717, 1.165) is 29.4 Å². The van der Waals surface area contributed by atoms with Crippen molar-refractivity contribution in [2.75, 3.05) is 11.4 Å². The Kier molecular flexibility index (Phi) is 3.93. The molecule has 0 aromatic heterocycles. The first-order chi connectivity index (χ1) is 14.1. The van der Waals surface area contributed by atoms with Gasteiger partial charge in [0.1, 0.15) is 0 Å². The van der Waals surface area contributed by atoms with Gasteiger partial charge in [-0.3, -0.25) is 4.79 Å². The highest BCUT2D eigenvalue weighted by atomic mass is 79.9. The number of rotatable bonds is 2. The van der Waals surface area contributed by atoms with Crippen molar-refractivity contribution in [3.05, 3.63) is 87.4 Å². The fourth-order valence-electron chi connectivity index (χ4n) is 6.25. The molecular weight excluding hydrogens is 422 g/mol. The van der Waals surface area contributed by atoms with Gasteiger partial charge in [-0.25, -0.2) is 0 Å². The van der Waals surface area contributed by atoms with Gasteiger partial charge in [-0.1, -0.05) is 52.4 Å². The van der Waals surface area contributed by atoms with E-state index in [1.54, 1.807) is 6.92 Å². The third-order valence-corrected chi connectivity index (χ3v) is 7.94. The van der Waals surface area contributed by atoms with Gasteiger partial charge >= 0.3 is 0 Å². The number of carbonyl (C=O) groups excluding carboxylic acids is 1. The van der Waals surface area contributed by atoms with Gasteiger partial charge in [0.25, 0.3) is 0 Å². The van der Waals surface area contributed by atoms with Crippen molar-refractivity contribution in [2.24, 2.45) is 11.8 Å². The average molecular weight is 446 g/mol. The molecule has 3 heteroatoms. The molecule has 2 nitrogen and oxygen atoms in total. The van der Waals surface area contributed by atoms with E-state index in [-0.39, 0.29) is 5.78 Å². The van der Waals surface area contributed by atoms with Crippen molar-refractivity contribution in [2.45, 2.75) is 37.6 Å². The smallest absolute Gasteiger partial charge is 0.159 e. The van der Waals surface area contributed by atoms with E-state index in [4.69, 9.17) is 0 Å². The van der Waals surface area contributed by atoms with Crippen molar-refractivity contribution in [3.63, 3.8) is 0 Å². The first-order valence-electron chi connectivity index (χ1n) is 10.7. The molecule has 146 valence electrons. The summed E-state index contributed by atoms with van der Waals surface area (Å²) in [5, 5.41) is 0. The van der Waals surface area contributed by atoms with Crippen molar-refractivity contribution >= 4 is 27.4 Å². The van der Waals surface area contributed by atoms with Gasteiger partial charge in [0.05, 0.1) is 6.04 Å². The van der Waals surface area contributed by atoms with Crippen LogP contribution in [0, 0.1) is 11.8 Å². The molecule has 0 saturated carbocycles. The van der Waals surface area contributed by atoms with Crippen LogP contribution >= 0.6 is 15.9 Å². The fraction of sp³-hybridized carbons (Fsp3) is 0.346. The molecule has 0 N–H and O–H groups in total. The summed E-state index contributed by atoms with van der Waals surface area (Å²) in [5.74, 6) is 2.15. The number of nitrogens with zero attached hydrogens (tertiary/aromatic N) is 1. The number of benzene rings is 2. The van der Waals surface area contributed by atoms with Crippen LogP contribution in [0.15, 0.2) is 65.2 Å². The van der Waals surface area contributed by atoms with Crippen molar-refractivity contribution in [1.82, 2.24) is 0 Å². The van der Waals surface area contributed by atoms with Gasteiger partial charge in [0.2, 0.25) is 0 Å². The van der Waals surface area contributed by atoms with Crippen LogP contribution in [0.1, 0.15) is 64.7 Å². The number of halogens is 1. The lowest BCUT2D eigenvalue weighted by Crippen LogP contribution is -2.46. The first-order valence-corrected chi connectivity index (χ1v) is 11.5. The molecule has 29 heavy (non-hydrogen) atoms. The molecule has 0 spiro atoms. The van der Waals surface area contributed by atoms with E-state index in [2.05, 4.69) is 81.5 Å². The van der Waals surface area contributed by atoms with E-state index in [1.165, 1.54) is 22.4 Å². The molecule has 2 heterocycles. The van der Waals surface area contributed by atoms with E-state index < -0.39 is 0 Å². The third-order valence-electron chi connectivity index (χ3n) is 7.45. The predicted molar refractivity (Wildman–Crippen MR) is 121 cm³/mol. The Morgan fingerprint density at radius 1 is 1.03 bits per heavy atom. The molecule has 0 radical (unpaired) electrons. The lowest BCUT2D eigenvalue weighted by molar-refractivity contribution is 0.101. The Morgan fingerprint density at radius 3 is 2.59 bits per heavy atom. The number of anilines is 1. The largest absolute Gasteiger partial charge is 0.363 e. The Morgan fingerprint density at radius 2 is 1.79 bits per heavy atom. The minimum Gasteiger partial charge on any atom is -0.363 e. The number of fused-ring (bicyclic) bond motifs is 4. The second-order valence-corrected chi connectivity index (χ2v) is 9.93. The zero-order valence-electron chi connectivity index (χ0n) is 16.5. The topological polar surface area (TPSA) is 20.3 Å². The van der Waals surface area contributed by atoms with Crippen molar-refractivity contribution in [3.8, 4) is 0 Å². The summed E-state index contributed by atoms with van der Waals surface area (Å²) in [6.07, 6.45) is 11.7. The van der Waals surface area contributed by atoms with Crippen LogP contribution in [0.5, 0.6) is 0 Å². The zero-order valence-corrected chi connectivity index (χ0v) is 18.1. The van der Waals surface area contributed by atoms with Gasteiger partial charge < -0.3 is 4.90 Å². The SMILES string of the molecule is CC(=O)c1cc2c3c(c1)[C@H]1C=CC[C@H]1[C@H](c1cccc(Br)c1)N3C[C@@H]1CC=C[C@H]21. The highest BCUT2D eigenvalue weighted by Crippen LogP contribution is 2.59. The number of hydrogen-bond donors (Lipinski definition) is 0. The standard InChI is InChI=1S/C26H24BrNO/c1-15(29)18-12-23-20-8-3-6-17(20)14-28-25(16-5-2-7-19(27)11-16)22-10-4-9-21(22)24(13-18)26(23)28/h2-5,7-9,11-13,17,20-22,25H,6,10,14H2,1H3/t17-,20-,21-,22+,25-/m0/s1. The molecule has 6 rings (SSSR count). The second-order valence-electron chi connectivity index (χ2n) is 9.01. The van der Waals surface area contributed by atoms with Crippen LogP contribution in [0.25, 0.3) is 0 Å². The molecule has 0 bridgehead atoms. The quantitative estimate of drug-likeness (QED) is 0.385. The van der Waals surface area contributed by atoms with Gasteiger partial charge in [-0.15, -0.1) is 0 Å². The molecule has 2 aliphatic carbocycles. The molecule has 2 aromatic carbocycles. The van der Waals surface area contributed by atoms with Gasteiger partial charge in [-0.05, 0) is 72.6 Å². The lowest BCUT2D eigenvalue weighted by Gasteiger charge is -2.51. The molecule has 0 amide bonds. The molecule has 0 saturated heterocycles. The number of carbonyl (C=O) groups is 1. The average Bonchev–Trinajstić information content (AvgIpc) is 3.37. The number of allylic oxidation sites excluding steroid dienone is 4. The summed E-state index contributed by atoms with van der Waals surface area (Å²) in [6, 6.07) is 13.6. The monoisotopic (exact) mass is 445 g/mol. The molecule has 2 aliphatic heterocycles. The fourth-order valence-corrected chi connectivity index (χ4v) is 6.67. The van der Waals surface area contributed by atoms with Crippen molar-refractivity contribution < 1.29 is 4.79 Å². The summed E-state index contributed by atoms with van der Waals surface area (Å²) in [7, 11) is 0. The third kappa shape index (κ3) is 2.56. The number of ketones is 1. The maximum atomic E-state index is 12.4. The summed E-state index contributed by atoms with van der Waals surface area (Å²) in [4.78, 5) is 15.0. The van der Waals surface area contributed by atoms with E-state index in [1.807, 2.05) is 0 Å². The van der Waals surface area contributed by atoms with Crippen LogP contribution in [-0.2, 0) is 0 Å². The van der Waals surface area contributed by atoms with E-state index >= 15 is 0 Å². The zero-order chi connectivity index (χ0) is 19.7. The molecular formula is C26H24BrNO. The van der Waals surface area contributed by atoms with Crippen molar-refractivity contribution in [1.29, 1.82) is 0 Å². The minimum atomic E-state index is 0.173. The Bertz CT molecular complexity index is 1070. The number of Topliss-reactive ketones (excluding diaryl/α,β-unsaturated/α-hetero) is 1. The summed E-state index contributed by atoms with van der Waals surface area (Å²) < 4.78 is 1.15. The molecule has 5 atom stereocenters. The molecule has 2 aromatic rings. The second kappa shape index (κ2) is 6.43. The Labute approximate surface area is 180 Å². The predicted octanol–water partition coefficient (Wildman–Crippen LogP) is 6.55. The Balaban J connectivity index is 1.61. The molecule has 0 unspecified atom stereocenters. The summed E-state index contributed by atoms with van der Waals surface area (Å²) in [6.45, 7) is 2.80. The van der Waals surface area contributed by atoms with Crippen LogP contribution in [-0.4, -0.2) is 12.3 Å². The van der Waals surface area contributed by atoms with Gasteiger partial charge in [0.15, 0.2) is 5.78 Å². The van der Waals surface area contributed by atoms with Crippen LogP contribution < -0.4 is 4.90 Å². The van der Waals surface area contributed by atoms with Crippen LogP contribution in [0.4, 0.5) is 5.69 Å². The highest BCUT2D eigenvalue weighted by Gasteiger charge is 2.47. The Hall–Kier alpha value is -2.13. The van der Waals surface area contributed by atoms with Crippen LogP contribution in [0.2, 0.25) is 0 Å². The molecule has 0 fully saturated rings. The minimum absolute atomic E-state index is 0.173. The number of hydrogen-bond acceptors (Lipinski definition) is 2. The molecule has 4 aliphatic rings. The lowest BCUT2D eigenvalue weighted by atomic mass is 9.70. The summed E-state index contributed by atoms with van der Waals surface area (Å²) >= 11 is 3.69. The maximum Gasteiger partial charge on any atom is 0.159 e. The normalized spacial score (nSPS) is 30.8. The van der Waals surface area contributed by atoms with E-state index in [9.17, 15) is 4.79 Å². The van der Waals surface area contributed by atoms with Crippen LogP contribution in [0.3, 0.4) is 0 Å². The maximum absolute atomic E-state index is 12.4. The van der Waals surface area contributed by atoms with Gasteiger partial charge in [-0.2, -0.15) is 0 Å². The van der Waals surface area contributed by atoms with E-state index in [0.29, 0.717) is 29.7 Å². The summed E-state index contributed by atoms with van der Waals surface area (Å²) in [5.41, 5.74) is 6.42. The first kappa shape index (κ1) is 17.7. The van der Waals surface area contributed by atoms with Gasteiger partial charge in [0, 0.05) is 34.1 Å².